The van der Waals surface area contributed by atoms with Gasteiger partial charge in [0, 0.05) is 19.7 Å². The molecular weight excluding hydrogens is 384 g/mol. The summed E-state index contributed by atoms with van der Waals surface area (Å²) in [7, 11) is 3.35. The SMILES string of the molecule is CCCOc1ccc(C(=O)Nc2ccccc2C(=O)N(C)C)cc1Br. The van der Waals surface area contributed by atoms with Crippen molar-refractivity contribution in [1.82, 2.24) is 4.90 Å². The number of nitrogens with zero attached hydrogens (tertiary/aromatic N) is 1. The van der Waals surface area contributed by atoms with Crippen LogP contribution in [-0.4, -0.2) is 37.4 Å². The number of benzene rings is 2. The van der Waals surface area contributed by atoms with Gasteiger partial charge >= 0.3 is 0 Å². The van der Waals surface area contributed by atoms with Gasteiger partial charge in [-0.2, -0.15) is 0 Å². The predicted octanol–water partition coefficient (Wildman–Crippen LogP) is 4.19. The summed E-state index contributed by atoms with van der Waals surface area (Å²) >= 11 is 3.42. The highest BCUT2D eigenvalue weighted by Gasteiger charge is 2.16. The van der Waals surface area contributed by atoms with Crippen LogP contribution >= 0.6 is 15.9 Å². The molecule has 0 saturated carbocycles. The molecule has 2 aromatic carbocycles. The molecule has 0 aromatic heterocycles. The maximum atomic E-state index is 12.5. The summed E-state index contributed by atoms with van der Waals surface area (Å²) in [5.74, 6) is 0.240. The molecule has 1 N–H and O–H groups in total. The van der Waals surface area contributed by atoms with E-state index in [0.29, 0.717) is 33.6 Å². The van der Waals surface area contributed by atoms with Crippen molar-refractivity contribution in [1.29, 1.82) is 0 Å². The monoisotopic (exact) mass is 404 g/mol. The predicted molar refractivity (Wildman–Crippen MR) is 102 cm³/mol. The van der Waals surface area contributed by atoms with Crippen LogP contribution in [0.1, 0.15) is 34.1 Å². The fraction of sp³-hybridized carbons (Fsp3) is 0.263. The van der Waals surface area contributed by atoms with E-state index in [1.54, 1.807) is 56.6 Å². The van der Waals surface area contributed by atoms with Crippen LogP contribution in [0, 0.1) is 0 Å². The Bertz CT molecular complexity index is 775. The van der Waals surface area contributed by atoms with Crippen molar-refractivity contribution in [2.45, 2.75) is 13.3 Å². The summed E-state index contributed by atoms with van der Waals surface area (Å²) in [4.78, 5) is 26.2. The number of nitrogens with one attached hydrogen (secondary N) is 1. The Hall–Kier alpha value is -2.34. The van der Waals surface area contributed by atoms with E-state index in [-0.39, 0.29) is 11.8 Å². The third-order valence-electron chi connectivity index (χ3n) is 3.47. The number of hydrogen-bond acceptors (Lipinski definition) is 3. The van der Waals surface area contributed by atoms with Crippen LogP contribution in [0.25, 0.3) is 0 Å². The molecule has 132 valence electrons. The standard InChI is InChI=1S/C19H21BrN2O3/c1-4-11-25-17-10-9-13(12-15(17)20)18(23)21-16-8-6-5-7-14(16)19(24)22(2)3/h5-10,12H,4,11H2,1-3H3,(H,21,23). The summed E-state index contributed by atoms with van der Waals surface area (Å²) in [5.41, 5.74) is 1.40. The molecule has 25 heavy (non-hydrogen) atoms. The third kappa shape index (κ3) is 4.82. The van der Waals surface area contributed by atoms with Gasteiger partial charge in [0.2, 0.25) is 0 Å². The van der Waals surface area contributed by atoms with Crippen molar-refractivity contribution in [2.75, 3.05) is 26.0 Å². The van der Waals surface area contributed by atoms with Crippen LogP contribution in [0.15, 0.2) is 46.9 Å². The van der Waals surface area contributed by atoms with E-state index in [9.17, 15) is 9.59 Å². The molecule has 0 bridgehead atoms. The third-order valence-corrected chi connectivity index (χ3v) is 4.09. The summed E-state index contributed by atoms with van der Waals surface area (Å²) in [6.45, 7) is 2.65. The van der Waals surface area contributed by atoms with Gasteiger partial charge < -0.3 is 15.0 Å². The molecule has 0 aliphatic heterocycles. The van der Waals surface area contributed by atoms with Crippen LogP contribution in [-0.2, 0) is 0 Å². The number of carbonyl (C=O) groups is 2. The van der Waals surface area contributed by atoms with Crippen molar-refractivity contribution in [3.8, 4) is 5.75 Å². The minimum absolute atomic E-state index is 0.166. The van der Waals surface area contributed by atoms with Crippen LogP contribution in [0.5, 0.6) is 5.75 Å². The lowest BCUT2D eigenvalue weighted by atomic mass is 10.1. The zero-order valence-corrected chi connectivity index (χ0v) is 16.1. The minimum atomic E-state index is -0.290. The van der Waals surface area contributed by atoms with Gasteiger partial charge in [-0.05, 0) is 52.7 Å². The number of amides is 2. The van der Waals surface area contributed by atoms with Gasteiger partial charge in [-0.15, -0.1) is 0 Å². The molecule has 5 nitrogen and oxygen atoms in total. The van der Waals surface area contributed by atoms with E-state index in [1.807, 2.05) is 6.92 Å². The second-order valence-corrected chi connectivity index (χ2v) is 6.55. The molecule has 0 aliphatic rings. The molecule has 6 heteroatoms. The van der Waals surface area contributed by atoms with E-state index in [0.717, 1.165) is 6.42 Å². The van der Waals surface area contributed by atoms with Crippen LogP contribution in [0.3, 0.4) is 0 Å². The van der Waals surface area contributed by atoms with Gasteiger partial charge in [0.05, 0.1) is 22.3 Å². The molecule has 0 spiro atoms. The van der Waals surface area contributed by atoms with E-state index >= 15 is 0 Å². The number of rotatable bonds is 6. The first-order chi connectivity index (χ1) is 11.9. The average Bonchev–Trinajstić information content (AvgIpc) is 2.60. The maximum absolute atomic E-state index is 12.5. The minimum Gasteiger partial charge on any atom is -0.492 e. The van der Waals surface area contributed by atoms with Crippen molar-refractivity contribution in [2.24, 2.45) is 0 Å². The van der Waals surface area contributed by atoms with Gasteiger partial charge in [0.1, 0.15) is 5.75 Å². The fourth-order valence-electron chi connectivity index (χ4n) is 2.19. The van der Waals surface area contributed by atoms with Crippen LogP contribution in [0.4, 0.5) is 5.69 Å². The van der Waals surface area contributed by atoms with Gasteiger partial charge in [0.15, 0.2) is 0 Å². The fourth-order valence-corrected chi connectivity index (χ4v) is 2.68. The average molecular weight is 405 g/mol. The Kier molecular flexibility index (Phi) is 6.58. The van der Waals surface area contributed by atoms with Crippen LogP contribution < -0.4 is 10.1 Å². The quantitative estimate of drug-likeness (QED) is 0.784. The Balaban J connectivity index is 2.20. The first-order valence-electron chi connectivity index (χ1n) is 7.98. The van der Waals surface area contributed by atoms with Gasteiger partial charge in [-0.3, -0.25) is 9.59 Å². The first-order valence-corrected chi connectivity index (χ1v) is 8.77. The van der Waals surface area contributed by atoms with Gasteiger partial charge in [-0.25, -0.2) is 0 Å². The maximum Gasteiger partial charge on any atom is 0.255 e. The lowest BCUT2D eigenvalue weighted by Gasteiger charge is -2.15. The highest BCUT2D eigenvalue weighted by Crippen LogP contribution is 2.27. The van der Waals surface area contributed by atoms with Gasteiger partial charge in [-0.1, -0.05) is 19.1 Å². The summed E-state index contributed by atoms with van der Waals surface area (Å²) in [6, 6.07) is 12.1. The van der Waals surface area contributed by atoms with Crippen molar-refractivity contribution < 1.29 is 14.3 Å². The lowest BCUT2D eigenvalue weighted by Crippen LogP contribution is -2.24. The number of carbonyl (C=O) groups excluding carboxylic acids is 2. The lowest BCUT2D eigenvalue weighted by molar-refractivity contribution is 0.0828. The molecule has 2 aromatic rings. The molecular formula is C19H21BrN2O3. The molecule has 0 aliphatic carbocycles. The van der Waals surface area contributed by atoms with Crippen molar-refractivity contribution in [3.63, 3.8) is 0 Å². The second kappa shape index (κ2) is 8.67. The number of anilines is 1. The smallest absolute Gasteiger partial charge is 0.255 e. The molecule has 2 rings (SSSR count). The Morgan fingerprint density at radius 1 is 1.16 bits per heavy atom. The second-order valence-electron chi connectivity index (χ2n) is 5.69. The number of ether oxygens (including phenoxy) is 1. The number of para-hydroxylation sites is 1. The first kappa shape index (κ1) is 19.0. The summed E-state index contributed by atoms with van der Waals surface area (Å²) < 4.78 is 6.30. The van der Waals surface area contributed by atoms with Crippen molar-refractivity contribution >= 4 is 33.4 Å². The molecule has 0 radical (unpaired) electrons. The molecule has 0 heterocycles. The van der Waals surface area contributed by atoms with E-state index in [4.69, 9.17) is 4.74 Å². The zero-order chi connectivity index (χ0) is 18.4. The number of hydrogen-bond donors (Lipinski definition) is 1. The van der Waals surface area contributed by atoms with Crippen LogP contribution in [0.2, 0.25) is 0 Å². The molecule has 2 amide bonds. The molecule has 0 saturated heterocycles. The highest BCUT2D eigenvalue weighted by molar-refractivity contribution is 9.10. The Morgan fingerprint density at radius 3 is 2.52 bits per heavy atom. The number of halogens is 1. The molecule has 0 fully saturated rings. The zero-order valence-electron chi connectivity index (χ0n) is 14.5. The summed E-state index contributed by atoms with van der Waals surface area (Å²) in [6.07, 6.45) is 0.908. The Labute approximate surface area is 156 Å². The molecule has 0 atom stereocenters. The van der Waals surface area contributed by atoms with E-state index < -0.39 is 0 Å². The highest BCUT2D eigenvalue weighted by atomic mass is 79.9. The van der Waals surface area contributed by atoms with Gasteiger partial charge in [0.25, 0.3) is 11.8 Å². The summed E-state index contributed by atoms with van der Waals surface area (Å²) in [5, 5.41) is 2.80. The Morgan fingerprint density at radius 2 is 1.88 bits per heavy atom. The largest absolute Gasteiger partial charge is 0.492 e. The molecule has 0 unspecified atom stereocenters. The van der Waals surface area contributed by atoms with Crippen molar-refractivity contribution in [3.05, 3.63) is 58.1 Å². The normalized spacial score (nSPS) is 10.2. The van der Waals surface area contributed by atoms with E-state index in [2.05, 4.69) is 21.2 Å². The topological polar surface area (TPSA) is 58.6 Å². The van der Waals surface area contributed by atoms with E-state index in [1.165, 1.54) is 4.90 Å².